The number of rotatable bonds is 4. The molecule has 0 bridgehead atoms. The first-order valence-electron chi connectivity index (χ1n) is 10.8. The minimum Gasteiger partial charge on any atom is -0.361 e. The van der Waals surface area contributed by atoms with E-state index in [0.717, 1.165) is 76.5 Å². The van der Waals surface area contributed by atoms with Crippen LogP contribution in [0.5, 0.6) is 0 Å². The van der Waals surface area contributed by atoms with Gasteiger partial charge < -0.3 is 15.2 Å². The summed E-state index contributed by atoms with van der Waals surface area (Å²) in [5.41, 5.74) is 3.32. The van der Waals surface area contributed by atoms with Crippen molar-refractivity contribution in [3.05, 3.63) is 53.2 Å². The lowest BCUT2D eigenvalue weighted by Crippen LogP contribution is -2.44. The van der Waals surface area contributed by atoms with E-state index < -0.39 is 0 Å². The average Bonchev–Trinajstić information content (AvgIpc) is 3.45. The van der Waals surface area contributed by atoms with E-state index in [-0.39, 0.29) is 0 Å². The van der Waals surface area contributed by atoms with Gasteiger partial charge in [0, 0.05) is 73.5 Å². The van der Waals surface area contributed by atoms with Crippen molar-refractivity contribution >= 4 is 43.8 Å². The van der Waals surface area contributed by atoms with Gasteiger partial charge in [0.1, 0.15) is 10.9 Å². The highest BCUT2D eigenvalue weighted by atomic mass is 32.1. The molecule has 0 aliphatic carbocycles. The molecule has 2 N–H and O–H groups in total. The Morgan fingerprint density at radius 2 is 2.06 bits per heavy atom. The van der Waals surface area contributed by atoms with Crippen LogP contribution in [-0.2, 0) is 0 Å². The highest BCUT2D eigenvalue weighted by molar-refractivity contribution is 7.19. The predicted molar refractivity (Wildman–Crippen MR) is 131 cm³/mol. The molecule has 3 aromatic heterocycles. The minimum absolute atomic E-state index is 0.525. The zero-order valence-electron chi connectivity index (χ0n) is 18.0. The van der Waals surface area contributed by atoms with Crippen LogP contribution in [0.25, 0.3) is 21.1 Å². The molecule has 1 saturated heterocycles. The number of likely N-dealkylation sites (N-methyl/N-ethyl adjacent to an activating group) is 1. The quantitative estimate of drug-likeness (QED) is 0.461. The topological polar surface area (TPSA) is 71.0 Å². The lowest BCUT2D eigenvalue weighted by atomic mass is 10.1. The second-order valence-electron chi connectivity index (χ2n) is 8.05. The molecule has 1 aromatic carbocycles. The molecule has 160 valence electrons. The molecule has 1 aliphatic heterocycles. The van der Waals surface area contributed by atoms with Crippen LogP contribution in [0.3, 0.4) is 0 Å². The van der Waals surface area contributed by atoms with E-state index in [1.807, 2.05) is 30.5 Å². The number of hydrogen-bond donors (Lipinski definition) is 2. The van der Waals surface area contributed by atoms with Crippen molar-refractivity contribution < 1.29 is 0 Å². The first-order valence-corrected chi connectivity index (χ1v) is 11.6. The number of nitrogens with one attached hydrogen (secondary N) is 2. The SMILES string of the molecule is CN1CCN(CCC#Cc2cc3c(Nc4cccc5[nH]ccc45)c(C#N)cnc3s2)CC1. The van der Waals surface area contributed by atoms with E-state index >= 15 is 0 Å². The number of piperazine rings is 1. The number of hydrogen-bond acceptors (Lipinski definition) is 6. The van der Waals surface area contributed by atoms with Gasteiger partial charge in [-0.15, -0.1) is 11.3 Å². The number of thiophene rings is 1. The van der Waals surface area contributed by atoms with Gasteiger partial charge >= 0.3 is 0 Å². The fourth-order valence-corrected chi connectivity index (χ4v) is 4.92. The summed E-state index contributed by atoms with van der Waals surface area (Å²) >= 11 is 1.57. The van der Waals surface area contributed by atoms with E-state index in [1.54, 1.807) is 17.5 Å². The third-order valence-electron chi connectivity index (χ3n) is 5.90. The summed E-state index contributed by atoms with van der Waals surface area (Å²) < 4.78 is 0. The van der Waals surface area contributed by atoms with Crippen molar-refractivity contribution in [1.82, 2.24) is 19.8 Å². The molecule has 4 heterocycles. The Kier molecular flexibility index (Phi) is 5.79. The number of benzene rings is 1. The number of pyridine rings is 1. The monoisotopic (exact) mass is 440 g/mol. The molecular formula is C25H24N6S. The van der Waals surface area contributed by atoms with Crippen molar-refractivity contribution in [2.45, 2.75) is 6.42 Å². The van der Waals surface area contributed by atoms with Gasteiger partial charge in [-0.2, -0.15) is 5.26 Å². The summed E-state index contributed by atoms with van der Waals surface area (Å²) in [6, 6.07) is 12.4. The molecule has 32 heavy (non-hydrogen) atoms. The van der Waals surface area contributed by atoms with Gasteiger partial charge in [0.2, 0.25) is 0 Å². The third kappa shape index (κ3) is 4.19. The van der Waals surface area contributed by atoms with Crippen molar-refractivity contribution in [2.24, 2.45) is 0 Å². The first kappa shape index (κ1) is 20.5. The first-order chi connectivity index (χ1) is 15.7. The fourth-order valence-electron chi connectivity index (χ4n) is 4.03. The Morgan fingerprint density at radius 1 is 1.19 bits per heavy atom. The minimum atomic E-state index is 0.525. The molecule has 0 spiro atoms. The van der Waals surface area contributed by atoms with Gasteiger partial charge in [-0.05, 0) is 31.3 Å². The molecule has 1 fully saturated rings. The molecule has 0 unspecified atom stereocenters. The number of fused-ring (bicyclic) bond motifs is 2. The van der Waals surface area contributed by atoms with Crippen LogP contribution in [0.1, 0.15) is 16.9 Å². The largest absolute Gasteiger partial charge is 0.361 e. The van der Waals surface area contributed by atoms with Crippen LogP contribution in [0.4, 0.5) is 11.4 Å². The van der Waals surface area contributed by atoms with Gasteiger partial charge in [0.15, 0.2) is 0 Å². The lowest BCUT2D eigenvalue weighted by Gasteiger charge is -2.31. The van der Waals surface area contributed by atoms with E-state index in [9.17, 15) is 5.26 Å². The fraction of sp³-hybridized carbons (Fsp3) is 0.280. The molecule has 0 radical (unpaired) electrons. The number of anilines is 2. The predicted octanol–water partition coefficient (Wildman–Crippen LogP) is 4.38. The van der Waals surface area contributed by atoms with E-state index in [0.29, 0.717) is 5.56 Å². The van der Waals surface area contributed by atoms with Crippen LogP contribution < -0.4 is 5.32 Å². The van der Waals surface area contributed by atoms with Gasteiger partial charge in [0.05, 0.1) is 16.1 Å². The van der Waals surface area contributed by atoms with Gasteiger partial charge in [-0.25, -0.2) is 4.98 Å². The van der Waals surface area contributed by atoms with Crippen LogP contribution in [0.2, 0.25) is 0 Å². The van der Waals surface area contributed by atoms with E-state index in [4.69, 9.17) is 0 Å². The average molecular weight is 441 g/mol. The molecule has 0 saturated carbocycles. The van der Waals surface area contributed by atoms with Crippen LogP contribution >= 0.6 is 11.3 Å². The molecular weight excluding hydrogens is 416 g/mol. The normalized spacial score (nSPS) is 14.9. The zero-order chi connectivity index (χ0) is 21.9. The van der Waals surface area contributed by atoms with Crippen molar-refractivity contribution in [3.8, 4) is 17.9 Å². The maximum absolute atomic E-state index is 9.68. The number of H-pyrrole nitrogens is 1. The summed E-state index contributed by atoms with van der Waals surface area (Å²) in [6.45, 7) is 5.50. The maximum Gasteiger partial charge on any atom is 0.126 e. The Morgan fingerprint density at radius 3 is 2.91 bits per heavy atom. The Hall–Kier alpha value is -3.36. The number of aromatic amines is 1. The summed E-state index contributed by atoms with van der Waals surface area (Å²) in [5.74, 6) is 6.64. The number of aromatic nitrogens is 2. The summed E-state index contributed by atoms with van der Waals surface area (Å²) in [4.78, 5) is 14.4. The van der Waals surface area contributed by atoms with Crippen LogP contribution in [0.15, 0.2) is 42.7 Å². The Labute approximate surface area is 191 Å². The van der Waals surface area contributed by atoms with Crippen LogP contribution in [0, 0.1) is 23.2 Å². The Balaban J connectivity index is 1.38. The lowest BCUT2D eigenvalue weighted by molar-refractivity contribution is 0.157. The van der Waals surface area contributed by atoms with Crippen molar-refractivity contribution in [3.63, 3.8) is 0 Å². The highest BCUT2D eigenvalue weighted by Crippen LogP contribution is 2.35. The number of nitrogens with zero attached hydrogens (tertiary/aromatic N) is 4. The smallest absolute Gasteiger partial charge is 0.126 e. The summed E-state index contributed by atoms with van der Waals surface area (Å²) in [5, 5.41) is 15.2. The molecule has 6 nitrogen and oxygen atoms in total. The summed E-state index contributed by atoms with van der Waals surface area (Å²) in [6.07, 6.45) is 4.42. The van der Waals surface area contributed by atoms with Gasteiger partial charge in [-0.1, -0.05) is 17.9 Å². The highest BCUT2D eigenvalue weighted by Gasteiger charge is 2.14. The molecule has 1 aliphatic rings. The van der Waals surface area contributed by atoms with E-state index in [1.165, 1.54) is 0 Å². The zero-order valence-corrected chi connectivity index (χ0v) is 18.8. The van der Waals surface area contributed by atoms with Crippen molar-refractivity contribution in [2.75, 3.05) is 45.1 Å². The molecule has 7 heteroatoms. The number of nitriles is 1. The molecule has 0 atom stereocenters. The second kappa shape index (κ2) is 9.02. The van der Waals surface area contributed by atoms with Crippen LogP contribution in [-0.4, -0.2) is 59.5 Å². The third-order valence-corrected chi connectivity index (χ3v) is 6.86. The standard InChI is InChI=1S/C25H24N6S/c1-30-11-13-31(14-12-30)10-3-2-5-19-15-21-24(18(16-26)17-28-25(21)32-19)29-23-7-4-6-22-20(23)8-9-27-22/h4,6-9,15,17,27H,3,10-14H2,1H3,(H,28,29). The maximum atomic E-state index is 9.68. The van der Waals surface area contributed by atoms with E-state index in [2.05, 4.69) is 56.1 Å². The van der Waals surface area contributed by atoms with Gasteiger partial charge in [-0.3, -0.25) is 4.90 Å². The summed E-state index contributed by atoms with van der Waals surface area (Å²) in [7, 11) is 2.17. The van der Waals surface area contributed by atoms with Gasteiger partial charge in [0.25, 0.3) is 0 Å². The molecule has 0 amide bonds. The Bertz CT molecular complexity index is 1360. The molecule has 5 rings (SSSR count). The molecule has 4 aromatic rings. The second-order valence-corrected chi connectivity index (χ2v) is 9.08. The van der Waals surface area contributed by atoms with Crippen molar-refractivity contribution in [1.29, 1.82) is 5.26 Å².